The van der Waals surface area contributed by atoms with Gasteiger partial charge in [0, 0.05) is 51.1 Å². The molecule has 0 saturated heterocycles. The van der Waals surface area contributed by atoms with Gasteiger partial charge in [-0.2, -0.15) is 0 Å². The summed E-state index contributed by atoms with van der Waals surface area (Å²) in [6.07, 6.45) is 2.31. The molecule has 0 bridgehead atoms. The molecule has 0 saturated carbocycles. The van der Waals surface area contributed by atoms with Crippen LogP contribution in [0.1, 0.15) is 18.4 Å². The normalized spacial score (nSPS) is 10.5. The second kappa shape index (κ2) is 9.91. The molecule has 0 unspecified atom stereocenters. The molecule has 1 aromatic carbocycles. The number of amides is 1. The third-order valence-corrected chi connectivity index (χ3v) is 3.71. The van der Waals surface area contributed by atoms with Crippen LogP contribution in [0.5, 0.6) is 0 Å². The second-order valence-corrected chi connectivity index (χ2v) is 5.89. The molecule has 1 aromatic rings. The van der Waals surface area contributed by atoms with Crippen molar-refractivity contribution in [2.24, 2.45) is 0 Å². The molecule has 0 heterocycles. The van der Waals surface area contributed by atoms with Gasteiger partial charge in [-0.25, -0.2) is 0 Å². The first kappa shape index (κ1) is 18.1. The summed E-state index contributed by atoms with van der Waals surface area (Å²) >= 11 is 11.8. The van der Waals surface area contributed by atoms with Gasteiger partial charge in [0.1, 0.15) is 0 Å². The molecule has 0 aliphatic heterocycles. The zero-order chi connectivity index (χ0) is 15.7. The number of rotatable bonds is 9. The summed E-state index contributed by atoms with van der Waals surface area (Å²) in [5.74, 6) is 1.32. The van der Waals surface area contributed by atoms with Crippen LogP contribution in [-0.4, -0.2) is 49.8 Å². The van der Waals surface area contributed by atoms with E-state index in [-0.39, 0.29) is 5.91 Å². The van der Waals surface area contributed by atoms with Crippen LogP contribution in [0.3, 0.4) is 0 Å². The van der Waals surface area contributed by atoms with Crippen molar-refractivity contribution >= 4 is 34.8 Å². The molecular weight excluding hydrogens is 307 g/mol. The molecule has 1 amide bonds. The van der Waals surface area contributed by atoms with Gasteiger partial charge in [-0.1, -0.05) is 18.2 Å². The van der Waals surface area contributed by atoms with Crippen LogP contribution in [-0.2, 0) is 11.2 Å². The lowest BCUT2D eigenvalue weighted by molar-refractivity contribution is -0.128. The minimum absolute atomic E-state index is 0.172. The smallest absolute Gasteiger partial charge is 0.222 e. The molecule has 0 fully saturated rings. The highest BCUT2D eigenvalue weighted by atomic mass is 35.5. The molecule has 118 valence electrons. The predicted molar refractivity (Wildman–Crippen MR) is 91.7 cm³/mol. The highest BCUT2D eigenvalue weighted by Crippen LogP contribution is 2.22. The van der Waals surface area contributed by atoms with E-state index in [1.165, 1.54) is 11.3 Å². The first-order valence-electron chi connectivity index (χ1n) is 7.25. The number of halogens is 2. The van der Waals surface area contributed by atoms with E-state index < -0.39 is 0 Å². The molecule has 3 nitrogen and oxygen atoms in total. The van der Waals surface area contributed by atoms with E-state index in [2.05, 4.69) is 17.0 Å². The Morgan fingerprint density at radius 2 is 1.71 bits per heavy atom. The third-order valence-electron chi connectivity index (χ3n) is 3.38. The lowest BCUT2D eigenvalue weighted by atomic mass is 10.0. The molecule has 0 spiro atoms. The van der Waals surface area contributed by atoms with Crippen LogP contribution in [0.2, 0.25) is 0 Å². The summed E-state index contributed by atoms with van der Waals surface area (Å²) in [6.45, 7) is 1.56. The topological polar surface area (TPSA) is 23.6 Å². The SMILES string of the molecule is CN(C)C(=O)CCCc1ccccc1N(CCCl)CCCl. The average molecular weight is 331 g/mol. The van der Waals surface area contributed by atoms with E-state index in [0.29, 0.717) is 18.2 Å². The first-order chi connectivity index (χ1) is 10.1. The minimum atomic E-state index is 0.172. The molecule has 0 radical (unpaired) electrons. The van der Waals surface area contributed by atoms with Gasteiger partial charge in [0.2, 0.25) is 5.91 Å². The minimum Gasteiger partial charge on any atom is -0.369 e. The Kier molecular flexibility index (Phi) is 8.55. The van der Waals surface area contributed by atoms with E-state index in [0.717, 1.165) is 25.9 Å². The predicted octanol–water partition coefficient (Wildman–Crippen LogP) is 3.38. The van der Waals surface area contributed by atoms with Gasteiger partial charge < -0.3 is 9.80 Å². The summed E-state index contributed by atoms with van der Waals surface area (Å²) in [5.41, 5.74) is 2.43. The Hall–Kier alpha value is -0.930. The summed E-state index contributed by atoms with van der Waals surface area (Å²) in [7, 11) is 3.58. The fourth-order valence-corrected chi connectivity index (χ4v) is 2.65. The number of carbonyl (C=O) groups is 1. The van der Waals surface area contributed by atoms with Gasteiger partial charge in [0.25, 0.3) is 0 Å². The fourth-order valence-electron chi connectivity index (χ4n) is 2.24. The lowest BCUT2D eigenvalue weighted by Crippen LogP contribution is -2.28. The van der Waals surface area contributed by atoms with Crippen LogP contribution in [0.15, 0.2) is 24.3 Å². The van der Waals surface area contributed by atoms with Gasteiger partial charge in [0.15, 0.2) is 0 Å². The highest BCUT2D eigenvalue weighted by Gasteiger charge is 2.11. The van der Waals surface area contributed by atoms with Crippen LogP contribution >= 0.6 is 23.2 Å². The third kappa shape index (κ3) is 6.15. The van der Waals surface area contributed by atoms with Crippen LogP contribution in [0.25, 0.3) is 0 Å². The Morgan fingerprint density at radius 3 is 2.29 bits per heavy atom. The van der Waals surface area contributed by atoms with Crippen molar-refractivity contribution in [2.75, 3.05) is 43.8 Å². The quantitative estimate of drug-likeness (QED) is 0.648. The number of benzene rings is 1. The molecular formula is C16H24Cl2N2O. The molecule has 0 aliphatic rings. The maximum Gasteiger partial charge on any atom is 0.222 e. The maximum absolute atomic E-state index is 11.6. The number of nitrogens with zero attached hydrogens (tertiary/aromatic N) is 2. The lowest BCUT2D eigenvalue weighted by Gasteiger charge is -2.25. The van der Waals surface area contributed by atoms with Gasteiger partial charge in [0.05, 0.1) is 0 Å². The van der Waals surface area contributed by atoms with Crippen molar-refractivity contribution in [3.8, 4) is 0 Å². The fraction of sp³-hybridized carbons (Fsp3) is 0.562. The number of anilines is 1. The van der Waals surface area contributed by atoms with Gasteiger partial charge in [-0.3, -0.25) is 4.79 Å². The first-order valence-corrected chi connectivity index (χ1v) is 8.32. The number of para-hydroxylation sites is 1. The van der Waals surface area contributed by atoms with Crippen molar-refractivity contribution in [2.45, 2.75) is 19.3 Å². The summed E-state index contributed by atoms with van der Waals surface area (Å²) in [6, 6.07) is 8.28. The van der Waals surface area contributed by atoms with E-state index in [1.807, 2.05) is 12.1 Å². The summed E-state index contributed by atoms with van der Waals surface area (Å²) < 4.78 is 0. The van der Waals surface area contributed by atoms with Crippen molar-refractivity contribution in [1.29, 1.82) is 0 Å². The van der Waals surface area contributed by atoms with Crippen molar-refractivity contribution in [3.05, 3.63) is 29.8 Å². The van der Waals surface area contributed by atoms with Gasteiger partial charge >= 0.3 is 0 Å². The monoisotopic (exact) mass is 330 g/mol. The van der Waals surface area contributed by atoms with Crippen LogP contribution in [0.4, 0.5) is 5.69 Å². The molecule has 0 N–H and O–H groups in total. The molecule has 21 heavy (non-hydrogen) atoms. The number of hydrogen-bond donors (Lipinski definition) is 0. The molecule has 5 heteroatoms. The second-order valence-electron chi connectivity index (χ2n) is 5.14. The number of hydrogen-bond acceptors (Lipinski definition) is 2. The van der Waals surface area contributed by atoms with E-state index in [1.54, 1.807) is 19.0 Å². The van der Waals surface area contributed by atoms with Crippen LogP contribution in [0, 0.1) is 0 Å². The Labute approximate surface area is 137 Å². The molecule has 0 aromatic heterocycles. The largest absolute Gasteiger partial charge is 0.369 e. The molecule has 1 rings (SSSR count). The van der Waals surface area contributed by atoms with Crippen LogP contribution < -0.4 is 4.90 Å². The zero-order valence-electron chi connectivity index (χ0n) is 12.8. The Bertz CT molecular complexity index is 432. The number of alkyl halides is 2. The average Bonchev–Trinajstić information content (AvgIpc) is 2.47. The highest BCUT2D eigenvalue weighted by molar-refractivity contribution is 6.18. The summed E-state index contributed by atoms with van der Waals surface area (Å²) in [4.78, 5) is 15.5. The number of carbonyl (C=O) groups excluding carboxylic acids is 1. The Balaban J connectivity index is 2.71. The maximum atomic E-state index is 11.6. The Morgan fingerprint density at radius 1 is 1.10 bits per heavy atom. The number of aryl methyl sites for hydroxylation is 1. The zero-order valence-corrected chi connectivity index (χ0v) is 14.3. The molecule has 0 atom stereocenters. The van der Waals surface area contributed by atoms with Gasteiger partial charge in [-0.05, 0) is 24.5 Å². The standard InChI is InChI=1S/C16H24Cl2N2O/c1-19(2)16(21)9-5-7-14-6-3-4-8-15(14)20(12-10-17)13-11-18/h3-4,6,8H,5,7,9-13H2,1-2H3. The van der Waals surface area contributed by atoms with E-state index >= 15 is 0 Å². The van der Waals surface area contributed by atoms with Crippen molar-refractivity contribution in [3.63, 3.8) is 0 Å². The molecule has 0 aliphatic carbocycles. The van der Waals surface area contributed by atoms with Crippen molar-refractivity contribution < 1.29 is 4.79 Å². The van der Waals surface area contributed by atoms with E-state index in [9.17, 15) is 4.79 Å². The van der Waals surface area contributed by atoms with Gasteiger partial charge in [-0.15, -0.1) is 23.2 Å². The van der Waals surface area contributed by atoms with E-state index in [4.69, 9.17) is 23.2 Å². The summed E-state index contributed by atoms with van der Waals surface area (Å²) in [5, 5.41) is 0. The van der Waals surface area contributed by atoms with Crippen molar-refractivity contribution in [1.82, 2.24) is 4.90 Å².